The molecule has 0 amide bonds. The molecule has 4 heteroatoms. The van der Waals surface area contributed by atoms with E-state index < -0.39 is 5.97 Å². The van der Waals surface area contributed by atoms with Gasteiger partial charge in [-0.2, -0.15) is 0 Å². The summed E-state index contributed by atoms with van der Waals surface area (Å²) in [5.74, 6) is 0.783. The highest BCUT2D eigenvalue weighted by Crippen LogP contribution is 2.34. The van der Waals surface area contributed by atoms with Crippen molar-refractivity contribution in [3.8, 4) is 0 Å². The van der Waals surface area contributed by atoms with Gasteiger partial charge in [0.25, 0.3) is 0 Å². The van der Waals surface area contributed by atoms with Crippen molar-refractivity contribution in [1.29, 1.82) is 0 Å². The third kappa shape index (κ3) is 4.45. The van der Waals surface area contributed by atoms with Gasteiger partial charge in [-0.25, -0.2) is 0 Å². The van der Waals surface area contributed by atoms with Gasteiger partial charge in [0.05, 0.1) is 6.54 Å². The Morgan fingerprint density at radius 2 is 2.00 bits per heavy atom. The minimum absolute atomic E-state index is 0.217. The molecule has 0 spiro atoms. The van der Waals surface area contributed by atoms with Gasteiger partial charge in [0, 0.05) is 24.7 Å². The van der Waals surface area contributed by atoms with Crippen molar-refractivity contribution >= 4 is 5.97 Å². The van der Waals surface area contributed by atoms with Gasteiger partial charge < -0.3 is 10.4 Å². The van der Waals surface area contributed by atoms with E-state index in [-0.39, 0.29) is 6.54 Å². The van der Waals surface area contributed by atoms with Crippen LogP contribution < -0.4 is 5.32 Å². The van der Waals surface area contributed by atoms with E-state index >= 15 is 0 Å². The van der Waals surface area contributed by atoms with Crippen molar-refractivity contribution in [3.63, 3.8) is 0 Å². The Kier molecular flexibility index (Phi) is 5.44. The van der Waals surface area contributed by atoms with Crippen LogP contribution in [0.5, 0.6) is 0 Å². The number of carbonyl (C=O) groups is 1. The number of hydrogen-bond acceptors (Lipinski definition) is 3. The average molecular weight is 282 g/mol. The molecule has 0 heterocycles. The minimum atomic E-state index is -0.685. The largest absolute Gasteiger partial charge is 0.480 e. The number of carboxylic acids is 1. The molecule has 2 atom stereocenters. The van der Waals surface area contributed by atoms with Crippen LogP contribution in [0.15, 0.2) is 0 Å². The quantitative estimate of drug-likeness (QED) is 0.681. The summed E-state index contributed by atoms with van der Waals surface area (Å²) in [7, 11) is 0. The Balaban J connectivity index is 1.73. The Morgan fingerprint density at radius 1 is 1.35 bits per heavy atom. The van der Waals surface area contributed by atoms with E-state index in [4.69, 9.17) is 5.11 Å². The van der Waals surface area contributed by atoms with Gasteiger partial charge in [0.15, 0.2) is 0 Å². The predicted molar refractivity (Wildman–Crippen MR) is 80.8 cm³/mol. The van der Waals surface area contributed by atoms with E-state index in [9.17, 15) is 4.79 Å². The number of nitrogens with zero attached hydrogens (tertiary/aromatic N) is 1. The van der Waals surface area contributed by atoms with E-state index in [0.717, 1.165) is 25.3 Å². The Labute approximate surface area is 122 Å². The van der Waals surface area contributed by atoms with Gasteiger partial charge in [-0.1, -0.05) is 20.3 Å². The summed E-state index contributed by atoms with van der Waals surface area (Å²) < 4.78 is 0. The molecular formula is C16H30N2O2. The van der Waals surface area contributed by atoms with Crippen LogP contribution in [-0.2, 0) is 4.79 Å². The topological polar surface area (TPSA) is 52.6 Å². The summed E-state index contributed by atoms with van der Waals surface area (Å²) in [6.07, 6.45) is 6.00. The normalized spacial score (nSPS) is 29.0. The van der Waals surface area contributed by atoms with Crippen molar-refractivity contribution in [3.05, 3.63) is 0 Å². The summed E-state index contributed by atoms with van der Waals surface area (Å²) in [5.41, 5.74) is 0. The maximum Gasteiger partial charge on any atom is 0.317 e. The molecule has 0 aromatic carbocycles. The first-order chi connectivity index (χ1) is 9.49. The van der Waals surface area contributed by atoms with Crippen molar-refractivity contribution in [2.24, 2.45) is 11.8 Å². The fourth-order valence-corrected chi connectivity index (χ4v) is 3.06. The van der Waals surface area contributed by atoms with E-state index in [1.165, 1.54) is 19.3 Å². The SMILES string of the molecule is CCC(C)C(C)NC1CC(N(CC(=O)O)CC2CC2)C1. The molecule has 0 aromatic heterocycles. The molecule has 0 saturated heterocycles. The maximum atomic E-state index is 11.0. The summed E-state index contributed by atoms with van der Waals surface area (Å²) >= 11 is 0. The van der Waals surface area contributed by atoms with Gasteiger partial charge in [-0.05, 0) is 44.4 Å². The van der Waals surface area contributed by atoms with Crippen LogP contribution in [0.4, 0.5) is 0 Å². The zero-order chi connectivity index (χ0) is 14.7. The monoisotopic (exact) mass is 282 g/mol. The van der Waals surface area contributed by atoms with Crippen molar-refractivity contribution in [2.75, 3.05) is 13.1 Å². The number of hydrogen-bond donors (Lipinski definition) is 2. The van der Waals surface area contributed by atoms with E-state index in [0.29, 0.717) is 24.0 Å². The first-order valence-electron chi connectivity index (χ1n) is 8.21. The second-order valence-corrected chi connectivity index (χ2v) is 6.93. The van der Waals surface area contributed by atoms with E-state index in [1.807, 2.05) is 0 Å². The summed E-state index contributed by atoms with van der Waals surface area (Å²) in [5, 5.41) is 12.7. The molecule has 4 nitrogen and oxygen atoms in total. The molecule has 2 saturated carbocycles. The van der Waals surface area contributed by atoms with Gasteiger partial charge >= 0.3 is 5.97 Å². The average Bonchev–Trinajstić information content (AvgIpc) is 3.14. The molecule has 2 rings (SSSR count). The molecule has 0 aliphatic heterocycles. The fraction of sp³-hybridized carbons (Fsp3) is 0.938. The number of nitrogens with one attached hydrogen (secondary N) is 1. The Morgan fingerprint density at radius 3 is 2.50 bits per heavy atom. The summed E-state index contributed by atoms with van der Waals surface area (Å²) in [4.78, 5) is 13.2. The lowest BCUT2D eigenvalue weighted by Gasteiger charge is -2.44. The molecule has 2 aliphatic carbocycles. The molecular weight excluding hydrogens is 252 g/mol. The minimum Gasteiger partial charge on any atom is -0.480 e. The van der Waals surface area contributed by atoms with Crippen LogP contribution in [0.25, 0.3) is 0 Å². The zero-order valence-corrected chi connectivity index (χ0v) is 13.1. The van der Waals surface area contributed by atoms with Gasteiger partial charge in [-0.3, -0.25) is 9.69 Å². The van der Waals surface area contributed by atoms with Gasteiger partial charge in [0.2, 0.25) is 0 Å². The molecule has 0 bridgehead atoms. The fourth-order valence-electron chi connectivity index (χ4n) is 3.06. The third-order valence-electron chi connectivity index (χ3n) is 5.15. The number of rotatable bonds is 9. The molecule has 2 aliphatic rings. The molecule has 0 aromatic rings. The molecule has 2 unspecified atom stereocenters. The zero-order valence-electron chi connectivity index (χ0n) is 13.1. The summed E-state index contributed by atoms with van der Waals surface area (Å²) in [6.45, 7) is 7.99. The molecule has 116 valence electrons. The van der Waals surface area contributed by atoms with Crippen LogP contribution >= 0.6 is 0 Å². The molecule has 2 N–H and O–H groups in total. The van der Waals surface area contributed by atoms with Crippen molar-refractivity contribution in [2.45, 2.75) is 71.0 Å². The standard InChI is InChI=1S/C16H30N2O2/c1-4-11(2)12(3)17-14-7-15(8-14)18(10-16(19)20)9-13-5-6-13/h11-15,17H,4-10H2,1-3H3,(H,19,20). The lowest BCUT2D eigenvalue weighted by atomic mass is 9.84. The Bertz CT molecular complexity index is 324. The van der Waals surface area contributed by atoms with Crippen LogP contribution in [0.2, 0.25) is 0 Å². The van der Waals surface area contributed by atoms with Crippen LogP contribution in [0.3, 0.4) is 0 Å². The second kappa shape index (κ2) is 6.90. The smallest absolute Gasteiger partial charge is 0.317 e. The van der Waals surface area contributed by atoms with Gasteiger partial charge in [0.1, 0.15) is 0 Å². The third-order valence-corrected chi connectivity index (χ3v) is 5.15. The molecule has 20 heavy (non-hydrogen) atoms. The maximum absolute atomic E-state index is 11.0. The lowest BCUT2D eigenvalue weighted by molar-refractivity contribution is -0.139. The summed E-state index contributed by atoms with van der Waals surface area (Å²) in [6, 6.07) is 1.62. The lowest BCUT2D eigenvalue weighted by Crippen LogP contribution is -2.56. The Hall–Kier alpha value is -0.610. The van der Waals surface area contributed by atoms with E-state index in [1.54, 1.807) is 0 Å². The second-order valence-electron chi connectivity index (χ2n) is 6.93. The number of carboxylic acid groups (broad SMARTS) is 1. The van der Waals surface area contributed by atoms with Gasteiger partial charge in [-0.15, -0.1) is 0 Å². The van der Waals surface area contributed by atoms with Crippen LogP contribution in [0.1, 0.15) is 52.9 Å². The highest BCUT2D eigenvalue weighted by molar-refractivity contribution is 5.69. The highest BCUT2D eigenvalue weighted by Gasteiger charge is 2.37. The van der Waals surface area contributed by atoms with Crippen LogP contribution in [0, 0.1) is 11.8 Å². The van der Waals surface area contributed by atoms with Crippen LogP contribution in [-0.4, -0.2) is 47.2 Å². The molecule has 2 fully saturated rings. The highest BCUT2D eigenvalue weighted by atomic mass is 16.4. The first-order valence-corrected chi connectivity index (χ1v) is 8.21. The first kappa shape index (κ1) is 15.8. The van der Waals surface area contributed by atoms with E-state index in [2.05, 4.69) is 31.0 Å². The molecule has 0 radical (unpaired) electrons. The number of aliphatic carboxylic acids is 1. The predicted octanol–water partition coefficient (Wildman–Crippen LogP) is 2.34. The van der Waals surface area contributed by atoms with Crippen molar-refractivity contribution < 1.29 is 9.90 Å². The van der Waals surface area contributed by atoms with Crippen molar-refractivity contribution in [1.82, 2.24) is 10.2 Å².